The third-order valence-electron chi connectivity index (χ3n) is 4.15. The molecule has 2 rings (SSSR count). The topological polar surface area (TPSA) is 42.2 Å². The zero-order valence-corrected chi connectivity index (χ0v) is 13.1. The van der Waals surface area contributed by atoms with Crippen LogP contribution in [0.15, 0.2) is 18.5 Å². The fraction of sp³-hybridized carbons (Fsp3) is 0.611. The van der Waals surface area contributed by atoms with Gasteiger partial charge in [0.1, 0.15) is 0 Å². The second-order valence-corrected chi connectivity index (χ2v) is 5.90. The second-order valence-electron chi connectivity index (χ2n) is 5.90. The van der Waals surface area contributed by atoms with Gasteiger partial charge in [0.15, 0.2) is 0 Å². The molecule has 3 nitrogen and oxygen atoms in total. The lowest BCUT2D eigenvalue weighted by Crippen LogP contribution is -2.17. The highest BCUT2D eigenvalue weighted by Gasteiger charge is 2.22. The maximum absolute atomic E-state index is 5.48. The average Bonchev–Trinajstić information content (AvgIpc) is 2.93. The van der Waals surface area contributed by atoms with Gasteiger partial charge < -0.3 is 5.73 Å². The molecule has 3 heteroatoms. The van der Waals surface area contributed by atoms with Crippen LogP contribution in [0.5, 0.6) is 0 Å². The van der Waals surface area contributed by atoms with Crippen molar-refractivity contribution in [3.63, 3.8) is 0 Å². The SMILES string of the molecule is CN1CCCC1c1cncc(C#CCCCCCCN)c1. The van der Waals surface area contributed by atoms with Gasteiger partial charge in [0, 0.05) is 30.4 Å². The van der Waals surface area contributed by atoms with Crippen molar-refractivity contribution in [2.45, 2.75) is 51.0 Å². The zero-order valence-electron chi connectivity index (χ0n) is 13.1. The first kappa shape index (κ1) is 16.0. The number of hydrogen-bond acceptors (Lipinski definition) is 3. The normalized spacial score (nSPS) is 18.5. The molecule has 114 valence electrons. The van der Waals surface area contributed by atoms with Crippen molar-refractivity contribution in [2.24, 2.45) is 5.73 Å². The van der Waals surface area contributed by atoms with Gasteiger partial charge in [-0.2, -0.15) is 0 Å². The van der Waals surface area contributed by atoms with E-state index < -0.39 is 0 Å². The van der Waals surface area contributed by atoms with Gasteiger partial charge >= 0.3 is 0 Å². The molecule has 1 atom stereocenters. The molecular weight excluding hydrogens is 258 g/mol. The highest BCUT2D eigenvalue weighted by atomic mass is 15.1. The van der Waals surface area contributed by atoms with E-state index in [1.807, 2.05) is 12.4 Å². The molecular formula is C18H27N3. The summed E-state index contributed by atoms with van der Waals surface area (Å²) in [5.41, 5.74) is 7.84. The summed E-state index contributed by atoms with van der Waals surface area (Å²) in [6.45, 7) is 1.99. The van der Waals surface area contributed by atoms with E-state index in [0.717, 1.165) is 24.9 Å². The van der Waals surface area contributed by atoms with Gasteiger partial charge in [-0.1, -0.05) is 24.7 Å². The molecule has 0 spiro atoms. The standard InChI is InChI=1S/C18H27N3/c1-21-12-8-10-18(21)17-13-16(14-20-15-17)9-6-4-2-3-5-7-11-19/h13-15,18H,2-5,7-8,10-12,19H2,1H3. The Hall–Kier alpha value is -1.37. The van der Waals surface area contributed by atoms with Crippen molar-refractivity contribution in [3.8, 4) is 11.8 Å². The van der Waals surface area contributed by atoms with Gasteiger partial charge in [-0.3, -0.25) is 9.88 Å². The quantitative estimate of drug-likeness (QED) is 0.645. The zero-order chi connectivity index (χ0) is 14.9. The molecule has 1 aliphatic rings. The van der Waals surface area contributed by atoms with Crippen LogP contribution >= 0.6 is 0 Å². The van der Waals surface area contributed by atoms with E-state index in [1.165, 1.54) is 44.2 Å². The van der Waals surface area contributed by atoms with Crippen molar-refractivity contribution in [1.82, 2.24) is 9.88 Å². The minimum absolute atomic E-state index is 0.524. The Morgan fingerprint density at radius 3 is 2.90 bits per heavy atom. The molecule has 1 aromatic rings. The van der Waals surface area contributed by atoms with Crippen molar-refractivity contribution in [2.75, 3.05) is 20.1 Å². The van der Waals surface area contributed by atoms with Crippen LogP contribution < -0.4 is 5.73 Å². The van der Waals surface area contributed by atoms with Crippen LogP contribution in [0, 0.1) is 11.8 Å². The summed E-state index contributed by atoms with van der Waals surface area (Å²) in [6.07, 6.45) is 12.1. The molecule has 1 saturated heterocycles. The molecule has 1 aromatic heterocycles. The van der Waals surface area contributed by atoms with Gasteiger partial charge in [0.2, 0.25) is 0 Å². The molecule has 0 aromatic carbocycles. The maximum atomic E-state index is 5.48. The Bertz CT molecular complexity index is 487. The van der Waals surface area contributed by atoms with Gasteiger partial charge in [-0.05, 0) is 57.5 Å². The lowest BCUT2D eigenvalue weighted by molar-refractivity contribution is 0.317. The van der Waals surface area contributed by atoms with Crippen LogP contribution in [0.2, 0.25) is 0 Å². The van der Waals surface area contributed by atoms with Gasteiger partial charge in [0.25, 0.3) is 0 Å². The number of hydrogen-bond donors (Lipinski definition) is 1. The highest BCUT2D eigenvalue weighted by Crippen LogP contribution is 2.29. The van der Waals surface area contributed by atoms with E-state index in [4.69, 9.17) is 5.73 Å². The Morgan fingerprint density at radius 2 is 2.14 bits per heavy atom. The maximum Gasteiger partial charge on any atom is 0.0432 e. The Labute approximate surface area is 128 Å². The molecule has 2 heterocycles. The predicted molar refractivity (Wildman–Crippen MR) is 87.9 cm³/mol. The van der Waals surface area contributed by atoms with Crippen molar-refractivity contribution >= 4 is 0 Å². The van der Waals surface area contributed by atoms with Crippen LogP contribution in [0.3, 0.4) is 0 Å². The highest BCUT2D eigenvalue weighted by molar-refractivity contribution is 5.35. The Morgan fingerprint density at radius 1 is 1.29 bits per heavy atom. The smallest absolute Gasteiger partial charge is 0.0432 e. The summed E-state index contributed by atoms with van der Waals surface area (Å²) < 4.78 is 0. The Balaban J connectivity index is 1.84. The summed E-state index contributed by atoms with van der Waals surface area (Å²) in [5.74, 6) is 6.53. The number of pyridine rings is 1. The lowest BCUT2D eigenvalue weighted by Gasteiger charge is -2.19. The fourth-order valence-corrected chi connectivity index (χ4v) is 2.92. The predicted octanol–water partition coefficient (Wildman–Crippen LogP) is 3.11. The number of aromatic nitrogens is 1. The summed E-state index contributed by atoms with van der Waals surface area (Å²) in [6, 6.07) is 2.73. The third-order valence-corrected chi connectivity index (χ3v) is 4.15. The fourth-order valence-electron chi connectivity index (χ4n) is 2.92. The molecule has 1 fully saturated rings. The number of nitrogens with zero attached hydrogens (tertiary/aromatic N) is 2. The number of likely N-dealkylation sites (tertiary alicyclic amines) is 1. The second kappa shape index (κ2) is 8.81. The summed E-state index contributed by atoms with van der Waals surface area (Å²) in [4.78, 5) is 6.77. The molecule has 1 aliphatic heterocycles. The van der Waals surface area contributed by atoms with E-state index in [9.17, 15) is 0 Å². The monoisotopic (exact) mass is 285 g/mol. The largest absolute Gasteiger partial charge is 0.330 e. The van der Waals surface area contributed by atoms with E-state index in [-0.39, 0.29) is 0 Å². The summed E-state index contributed by atoms with van der Waals surface area (Å²) in [5, 5.41) is 0. The van der Waals surface area contributed by atoms with E-state index >= 15 is 0 Å². The molecule has 1 unspecified atom stereocenters. The van der Waals surface area contributed by atoms with Crippen molar-refractivity contribution in [1.29, 1.82) is 0 Å². The van der Waals surface area contributed by atoms with Crippen LogP contribution in [-0.4, -0.2) is 30.0 Å². The van der Waals surface area contributed by atoms with Crippen LogP contribution in [-0.2, 0) is 0 Å². The van der Waals surface area contributed by atoms with Gasteiger partial charge in [-0.15, -0.1) is 0 Å². The summed E-state index contributed by atoms with van der Waals surface area (Å²) >= 11 is 0. The van der Waals surface area contributed by atoms with E-state index in [0.29, 0.717) is 6.04 Å². The molecule has 0 bridgehead atoms. The number of unbranched alkanes of at least 4 members (excludes halogenated alkanes) is 4. The first-order valence-electron chi connectivity index (χ1n) is 8.15. The average molecular weight is 285 g/mol. The van der Waals surface area contributed by atoms with Crippen LogP contribution in [0.4, 0.5) is 0 Å². The molecule has 0 aliphatic carbocycles. The molecule has 0 saturated carbocycles. The van der Waals surface area contributed by atoms with Crippen LogP contribution in [0.1, 0.15) is 62.1 Å². The van der Waals surface area contributed by atoms with E-state index in [1.54, 1.807) is 0 Å². The molecule has 0 radical (unpaired) electrons. The number of nitrogens with two attached hydrogens (primary N) is 1. The van der Waals surface area contributed by atoms with Gasteiger partial charge in [0.05, 0.1) is 0 Å². The van der Waals surface area contributed by atoms with E-state index in [2.05, 4.69) is 34.8 Å². The Kier molecular flexibility index (Phi) is 6.72. The van der Waals surface area contributed by atoms with Crippen LogP contribution in [0.25, 0.3) is 0 Å². The number of rotatable bonds is 6. The minimum Gasteiger partial charge on any atom is -0.330 e. The van der Waals surface area contributed by atoms with Gasteiger partial charge in [-0.25, -0.2) is 0 Å². The molecule has 2 N–H and O–H groups in total. The third kappa shape index (κ3) is 5.15. The first-order valence-corrected chi connectivity index (χ1v) is 8.15. The van der Waals surface area contributed by atoms with Crippen molar-refractivity contribution in [3.05, 3.63) is 29.6 Å². The lowest BCUT2D eigenvalue weighted by atomic mass is 10.1. The molecule has 0 amide bonds. The first-order chi connectivity index (χ1) is 10.3. The van der Waals surface area contributed by atoms with Crippen molar-refractivity contribution < 1.29 is 0 Å². The molecule has 21 heavy (non-hydrogen) atoms. The minimum atomic E-state index is 0.524. The summed E-state index contributed by atoms with van der Waals surface area (Å²) in [7, 11) is 2.19.